The van der Waals surface area contributed by atoms with E-state index in [0.717, 1.165) is 16.1 Å². The van der Waals surface area contributed by atoms with E-state index in [0.29, 0.717) is 22.2 Å². The molecule has 34 heavy (non-hydrogen) atoms. The smallest absolute Gasteiger partial charge is 0.339 e. The van der Waals surface area contributed by atoms with E-state index < -0.39 is 16.0 Å². The van der Waals surface area contributed by atoms with Gasteiger partial charge in [0.1, 0.15) is 11.3 Å². The standard InChI is InChI=1S/C26H20N2O5S/c1-28(34(31,32)21-13-11-20(33-2)12-14-21)25-22-16-19(9-8-18-6-4-3-5-7-18)10-15-24(22)27-17-23(25)26(29)30/h3-7,10-17H,1-2H3,(H,29,30). The van der Waals surface area contributed by atoms with Crippen LogP contribution in [0.5, 0.6) is 5.75 Å². The Hall–Kier alpha value is -4.35. The Morgan fingerprint density at radius 3 is 2.29 bits per heavy atom. The minimum absolute atomic E-state index is 0.00266. The fourth-order valence-corrected chi connectivity index (χ4v) is 4.68. The highest BCUT2D eigenvalue weighted by molar-refractivity contribution is 7.92. The van der Waals surface area contributed by atoms with Crippen molar-refractivity contribution in [1.82, 2.24) is 4.98 Å². The van der Waals surface area contributed by atoms with Crippen molar-refractivity contribution in [3.8, 4) is 17.6 Å². The summed E-state index contributed by atoms with van der Waals surface area (Å²) < 4.78 is 32.8. The van der Waals surface area contributed by atoms with Crippen molar-refractivity contribution < 1.29 is 23.1 Å². The van der Waals surface area contributed by atoms with Gasteiger partial charge in [0, 0.05) is 29.8 Å². The number of ether oxygens (including phenoxy) is 1. The van der Waals surface area contributed by atoms with Crippen LogP contribution in [0.3, 0.4) is 0 Å². The van der Waals surface area contributed by atoms with Gasteiger partial charge in [0.2, 0.25) is 0 Å². The highest BCUT2D eigenvalue weighted by Gasteiger charge is 2.27. The third kappa shape index (κ3) is 4.42. The molecule has 0 aliphatic rings. The zero-order valence-electron chi connectivity index (χ0n) is 18.4. The molecule has 0 saturated carbocycles. The highest BCUT2D eigenvalue weighted by Crippen LogP contribution is 2.33. The molecule has 7 nitrogen and oxygen atoms in total. The second kappa shape index (κ2) is 9.25. The van der Waals surface area contributed by atoms with E-state index in [1.807, 2.05) is 30.3 Å². The number of methoxy groups -OCH3 is 1. The van der Waals surface area contributed by atoms with Gasteiger partial charge in [-0.25, -0.2) is 13.2 Å². The number of sulfonamides is 1. The number of hydrogen-bond donors (Lipinski definition) is 1. The molecule has 1 heterocycles. The number of hydrogen-bond acceptors (Lipinski definition) is 5. The molecule has 0 spiro atoms. The molecule has 4 rings (SSSR count). The molecule has 0 unspecified atom stereocenters. The fraction of sp³-hybridized carbons (Fsp3) is 0.0769. The molecule has 0 atom stereocenters. The summed E-state index contributed by atoms with van der Waals surface area (Å²) in [6.45, 7) is 0. The molecule has 0 bridgehead atoms. The molecule has 3 aromatic carbocycles. The zero-order valence-corrected chi connectivity index (χ0v) is 19.2. The van der Waals surface area contributed by atoms with Crippen molar-refractivity contribution in [3.05, 3.63) is 95.7 Å². The summed E-state index contributed by atoms with van der Waals surface area (Å²) in [4.78, 5) is 16.2. The van der Waals surface area contributed by atoms with Crippen LogP contribution in [-0.2, 0) is 10.0 Å². The molecule has 0 aliphatic carbocycles. The van der Waals surface area contributed by atoms with Crippen LogP contribution in [0.1, 0.15) is 21.5 Å². The predicted molar refractivity (Wildman–Crippen MR) is 130 cm³/mol. The van der Waals surface area contributed by atoms with Crippen LogP contribution in [-0.4, -0.2) is 38.6 Å². The Morgan fingerprint density at radius 2 is 1.65 bits per heavy atom. The number of pyridine rings is 1. The minimum Gasteiger partial charge on any atom is -0.497 e. The van der Waals surface area contributed by atoms with E-state index in [4.69, 9.17) is 4.74 Å². The lowest BCUT2D eigenvalue weighted by molar-refractivity contribution is 0.0697. The van der Waals surface area contributed by atoms with Crippen LogP contribution in [0, 0.1) is 11.8 Å². The van der Waals surface area contributed by atoms with Crippen LogP contribution in [0.15, 0.2) is 83.9 Å². The second-order valence-corrected chi connectivity index (χ2v) is 9.29. The molecule has 4 aromatic rings. The SMILES string of the molecule is COc1ccc(S(=O)(=O)N(C)c2c(C(=O)O)cnc3ccc(C#Cc4ccccc4)cc23)cc1. The Morgan fingerprint density at radius 1 is 0.971 bits per heavy atom. The average molecular weight is 473 g/mol. The predicted octanol–water partition coefficient (Wildman–Crippen LogP) is 4.17. The van der Waals surface area contributed by atoms with E-state index in [-0.39, 0.29) is 16.1 Å². The molecule has 1 aromatic heterocycles. The van der Waals surface area contributed by atoms with Crippen molar-refractivity contribution in [1.29, 1.82) is 0 Å². The van der Waals surface area contributed by atoms with Crippen LogP contribution in [0.2, 0.25) is 0 Å². The number of benzene rings is 3. The van der Waals surface area contributed by atoms with E-state index in [2.05, 4.69) is 16.8 Å². The zero-order chi connectivity index (χ0) is 24.3. The van der Waals surface area contributed by atoms with Crippen molar-refractivity contribution in [3.63, 3.8) is 0 Å². The number of aromatic carboxylic acids is 1. The molecule has 0 saturated heterocycles. The van der Waals surface area contributed by atoms with Crippen molar-refractivity contribution >= 4 is 32.6 Å². The molecular formula is C26H20N2O5S. The molecule has 170 valence electrons. The van der Waals surface area contributed by atoms with Gasteiger partial charge in [-0.1, -0.05) is 30.0 Å². The number of rotatable bonds is 5. The summed E-state index contributed by atoms with van der Waals surface area (Å²) in [5.74, 6) is 5.31. The summed E-state index contributed by atoms with van der Waals surface area (Å²) in [5, 5.41) is 10.2. The Bertz CT molecular complexity index is 1540. The van der Waals surface area contributed by atoms with Crippen LogP contribution in [0.4, 0.5) is 5.69 Å². The van der Waals surface area contributed by atoms with Crippen LogP contribution < -0.4 is 9.04 Å². The van der Waals surface area contributed by atoms with Gasteiger partial charge in [0.05, 0.1) is 23.2 Å². The number of nitrogens with zero attached hydrogens (tertiary/aromatic N) is 2. The van der Waals surface area contributed by atoms with Gasteiger partial charge in [0.15, 0.2) is 0 Å². The van der Waals surface area contributed by atoms with E-state index in [9.17, 15) is 18.3 Å². The van der Waals surface area contributed by atoms with Gasteiger partial charge in [-0.3, -0.25) is 9.29 Å². The van der Waals surface area contributed by atoms with Gasteiger partial charge in [-0.2, -0.15) is 0 Å². The number of aromatic nitrogens is 1. The van der Waals surface area contributed by atoms with Crippen LogP contribution >= 0.6 is 0 Å². The quantitative estimate of drug-likeness (QED) is 0.438. The van der Waals surface area contributed by atoms with Crippen molar-refractivity contribution in [2.75, 3.05) is 18.5 Å². The molecule has 1 N–H and O–H groups in total. The molecule has 8 heteroatoms. The lowest BCUT2D eigenvalue weighted by Gasteiger charge is -2.23. The summed E-state index contributed by atoms with van der Waals surface area (Å²) in [6, 6.07) is 20.4. The Labute approximate surface area is 197 Å². The summed E-state index contributed by atoms with van der Waals surface area (Å²) in [7, 11) is -1.28. The maximum absolute atomic E-state index is 13.4. The molecule has 0 fully saturated rings. The van der Waals surface area contributed by atoms with Crippen molar-refractivity contribution in [2.24, 2.45) is 0 Å². The monoisotopic (exact) mass is 472 g/mol. The number of fused-ring (bicyclic) bond motifs is 1. The molecule has 0 amide bonds. The van der Waals surface area contributed by atoms with Gasteiger partial charge in [0.25, 0.3) is 10.0 Å². The Kier molecular flexibility index (Phi) is 6.21. The third-order valence-corrected chi connectivity index (χ3v) is 7.00. The maximum Gasteiger partial charge on any atom is 0.339 e. The van der Waals surface area contributed by atoms with Gasteiger partial charge < -0.3 is 9.84 Å². The first-order chi connectivity index (χ1) is 16.3. The van der Waals surface area contributed by atoms with Gasteiger partial charge in [-0.15, -0.1) is 0 Å². The van der Waals surface area contributed by atoms with Crippen LogP contribution in [0.25, 0.3) is 10.9 Å². The maximum atomic E-state index is 13.4. The third-order valence-electron chi connectivity index (χ3n) is 5.23. The fourth-order valence-electron chi connectivity index (χ4n) is 3.44. The lowest BCUT2D eigenvalue weighted by atomic mass is 10.1. The first-order valence-electron chi connectivity index (χ1n) is 10.2. The number of carboxylic acids is 1. The summed E-state index contributed by atoms with van der Waals surface area (Å²) >= 11 is 0. The number of anilines is 1. The normalized spacial score (nSPS) is 10.9. The van der Waals surface area contributed by atoms with E-state index >= 15 is 0 Å². The second-order valence-electron chi connectivity index (χ2n) is 7.32. The van der Waals surface area contributed by atoms with Gasteiger partial charge >= 0.3 is 5.97 Å². The topological polar surface area (TPSA) is 96.8 Å². The number of carboxylic acid groups (broad SMARTS) is 1. The minimum atomic E-state index is -4.08. The van der Waals surface area contributed by atoms with E-state index in [1.54, 1.807) is 18.2 Å². The largest absolute Gasteiger partial charge is 0.497 e. The van der Waals surface area contributed by atoms with Gasteiger partial charge in [-0.05, 0) is 54.6 Å². The molecule has 0 aliphatic heterocycles. The molecular weight excluding hydrogens is 452 g/mol. The Balaban J connectivity index is 1.87. The lowest BCUT2D eigenvalue weighted by Crippen LogP contribution is -2.28. The summed E-state index contributed by atoms with van der Waals surface area (Å²) in [6.07, 6.45) is 1.16. The summed E-state index contributed by atoms with van der Waals surface area (Å²) in [5.41, 5.74) is 1.63. The average Bonchev–Trinajstić information content (AvgIpc) is 2.86. The first kappa shape index (κ1) is 22.8. The number of carbonyl (C=O) groups is 1. The first-order valence-corrected chi connectivity index (χ1v) is 11.6. The van der Waals surface area contributed by atoms with Crippen molar-refractivity contribution in [2.45, 2.75) is 4.90 Å². The highest BCUT2D eigenvalue weighted by atomic mass is 32.2. The van der Waals surface area contributed by atoms with E-state index in [1.165, 1.54) is 38.4 Å². The molecule has 0 radical (unpaired) electrons.